The zero-order valence-electron chi connectivity index (χ0n) is 10.8. The van der Waals surface area contributed by atoms with Crippen molar-refractivity contribution in [3.8, 4) is 0 Å². The van der Waals surface area contributed by atoms with Crippen molar-refractivity contribution >= 4 is 47.8 Å². The normalized spacial score (nSPS) is 12.4. The van der Waals surface area contributed by atoms with E-state index in [0.29, 0.717) is 12.0 Å². The molecule has 0 fully saturated rings. The summed E-state index contributed by atoms with van der Waals surface area (Å²) in [5, 5.41) is 3.25. The van der Waals surface area contributed by atoms with Gasteiger partial charge in [-0.1, -0.05) is 53.9 Å². The third-order valence-corrected chi connectivity index (χ3v) is 4.79. The van der Waals surface area contributed by atoms with Gasteiger partial charge in [0.2, 0.25) is 0 Å². The molecule has 2 aromatic rings. The average molecular weight is 466 g/mol. The van der Waals surface area contributed by atoms with E-state index >= 15 is 0 Å². The first-order chi connectivity index (χ1) is 9.51. The van der Waals surface area contributed by atoms with E-state index in [1.807, 2.05) is 31.3 Å². The predicted molar refractivity (Wildman–Crippen MR) is 91.4 cm³/mol. The molecular weight excluding hydrogens is 453 g/mol. The van der Waals surface area contributed by atoms with Crippen LogP contribution in [0.5, 0.6) is 0 Å². The molecule has 0 bridgehead atoms. The van der Waals surface area contributed by atoms with E-state index < -0.39 is 0 Å². The molecule has 0 saturated carbocycles. The van der Waals surface area contributed by atoms with Gasteiger partial charge in [0.25, 0.3) is 0 Å². The van der Waals surface area contributed by atoms with Crippen LogP contribution in [0.25, 0.3) is 0 Å². The molecule has 20 heavy (non-hydrogen) atoms. The molecule has 0 aromatic heterocycles. The molecule has 0 saturated heterocycles. The van der Waals surface area contributed by atoms with Gasteiger partial charge >= 0.3 is 0 Å². The van der Waals surface area contributed by atoms with E-state index in [1.165, 1.54) is 6.07 Å². The zero-order valence-corrected chi connectivity index (χ0v) is 15.5. The number of likely N-dealkylation sites (N-methyl/N-ethyl adjacent to an activating group) is 1. The minimum Gasteiger partial charge on any atom is -0.313 e. The Morgan fingerprint density at radius 3 is 2.35 bits per heavy atom. The Bertz CT molecular complexity index is 616. The molecular formula is C15H13Br3FN. The van der Waals surface area contributed by atoms with E-state index in [-0.39, 0.29) is 11.9 Å². The van der Waals surface area contributed by atoms with Crippen molar-refractivity contribution in [2.75, 3.05) is 7.05 Å². The van der Waals surface area contributed by atoms with Crippen molar-refractivity contribution in [3.05, 3.63) is 66.8 Å². The summed E-state index contributed by atoms with van der Waals surface area (Å²) in [4.78, 5) is 0. The van der Waals surface area contributed by atoms with Crippen molar-refractivity contribution in [3.63, 3.8) is 0 Å². The molecule has 2 aromatic carbocycles. The Morgan fingerprint density at radius 1 is 1.05 bits per heavy atom. The summed E-state index contributed by atoms with van der Waals surface area (Å²) < 4.78 is 16.8. The summed E-state index contributed by atoms with van der Waals surface area (Å²) in [5.41, 5.74) is 1.80. The summed E-state index contributed by atoms with van der Waals surface area (Å²) in [6, 6.07) is 11.1. The first-order valence-electron chi connectivity index (χ1n) is 6.07. The van der Waals surface area contributed by atoms with Crippen LogP contribution in [0.4, 0.5) is 4.39 Å². The molecule has 0 spiro atoms. The smallest absolute Gasteiger partial charge is 0.126 e. The van der Waals surface area contributed by atoms with Crippen LogP contribution in [0, 0.1) is 5.82 Å². The first-order valence-corrected chi connectivity index (χ1v) is 8.45. The Hall–Kier alpha value is -0.230. The van der Waals surface area contributed by atoms with Gasteiger partial charge < -0.3 is 5.32 Å². The second-order valence-electron chi connectivity index (χ2n) is 4.45. The molecule has 0 heterocycles. The fourth-order valence-electron chi connectivity index (χ4n) is 2.07. The SMILES string of the molecule is CNC(Cc1cc(Br)ccc1F)c1ccc(Br)cc1Br. The molecule has 0 aliphatic carbocycles. The van der Waals surface area contributed by atoms with Crippen molar-refractivity contribution in [1.29, 1.82) is 0 Å². The van der Waals surface area contributed by atoms with Gasteiger partial charge in [0.15, 0.2) is 0 Å². The van der Waals surface area contributed by atoms with E-state index in [9.17, 15) is 4.39 Å². The quantitative estimate of drug-likeness (QED) is 0.618. The molecule has 0 aliphatic rings. The maximum atomic E-state index is 13.9. The molecule has 1 nitrogen and oxygen atoms in total. The fourth-order valence-corrected chi connectivity index (χ4v) is 3.80. The van der Waals surface area contributed by atoms with Crippen LogP contribution in [0.1, 0.15) is 17.2 Å². The molecule has 0 radical (unpaired) electrons. The first kappa shape index (κ1) is 16.1. The summed E-state index contributed by atoms with van der Waals surface area (Å²) in [5.74, 6) is -0.179. The van der Waals surface area contributed by atoms with Gasteiger partial charge in [0.05, 0.1) is 0 Å². The summed E-state index contributed by atoms with van der Waals surface area (Å²) in [6.07, 6.45) is 0.585. The lowest BCUT2D eigenvalue weighted by Crippen LogP contribution is -2.19. The van der Waals surface area contributed by atoms with Crippen LogP contribution in [0.15, 0.2) is 49.8 Å². The maximum Gasteiger partial charge on any atom is 0.126 e. The number of rotatable bonds is 4. The number of benzene rings is 2. The number of halogens is 4. The highest BCUT2D eigenvalue weighted by Crippen LogP contribution is 2.30. The van der Waals surface area contributed by atoms with Crippen LogP contribution in [0.2, 0.25) is 0 Å². The van der Waals surface area contributed by atoms with Crippen molar-refractivity contribution in [1.82, 2.24) is 5.32 Å². The van der Waals surface area contributed by atoms with Gasteiger partial charge in [-0.3, -0.25) is 0 Å². The van der Waals surface area contributed by atoms with Crippen LogP contribution >= 0.6 is 47.8 Å². The van der Waals surface area contributed by atoms with Crippen molar-refractivity contribution < 1.29 is 4.39 Å². The lowest BCUT2D eigenvalue weighted by Gasteiger charge is -2.19. The summed E-state index contributed by atoms with van der Waals surface area (Å²) >= 11 is 10.4. The van der Waals surface area contributed by atoms with Crippen LogP contribution in [-0.2, 0) is 6.42 Å². The molecule has 1 N–H and O–H groups in total. The summed E-state index contributed by atoms with van der Waals surface area (Å²) in [7, 11) is 1.88. The van der Waals surface area contributed by atoms with Gasteiger partial charge in [0.1, 0.15) is 5.82 Å². The standard InChI is InChI=1S/C15H13Br3FN/c1-20-15(12-4-2-11(17)8-13(12)18)7-9-6-10(16)3-5-14(9)19/h2-6,8,15,20H,7H2,1H3. The molecule has 0 aliphatic heterocycles. The lowest BCUT2D eigenvalue weighted by molar-refractivity contribution is 0.552. The van der Waals surface area contributed by atoms with Crippen molar-refractivity contribution in [2.24, 2.45) is 0 Å². The average Bonchev–Trinajstić information content (AvgIpc) is 2.40. The zero-order chi connectivity index (χ0) is 14.7. The van der Waals surface area contributed by atoms with Gasteiger partial charge in [-0.05, 0) is 54.9 Å². The van der Waals surface area contributed by atoms with E-state index in [4.69, 9.17) is 0 Å². The topological polar surface area (TPSA) is 12.0 Å². The van der Waals surface area contributed by atoms with Crippen molar-refractivity contribution in [2.45, 2.75) is 12.5 Å². The van der Waals surface area contributed by atoms with Gasteiger partial charge in [0, 0.05) is 19.5 Å². The van der Waals surface area contributed by atoms with Crippen LogP contribution < -0.4 is 5.32 Å². The highest BCUT2D eigenvalue weighted by molar-refractivity contribution is 9.11. The Kier molecular flexibility index (Phi) is 5.78. The Labute approximate surface area is 143 Å². The largest absolute Gasteiger partial charge is 0.313 e. The highest BCUT2D eigenvalue weighted by Gasteiger charge is 2.16. The predicted octanol–water partition coefficient (Wildman–Crippen LogP) is 5.62. The van der Waals surface area contributed by atoms with Gasteiger partial charge in [-0.25, -0.2) is 4.39 Å². The molecule has 1 atom stereocenters. The number of hydrogen-bond donors (Lipinski definition) is 1. The minimum atomic E-state index is -0.179. The minimum absolute atomic E-state index is 0.0428. The van der Waals surface area contributed by atoms with Gasteiger partial charge in [-0.15, -0.1) is 0 Å². The highest BCUT2D eigenvalue weighted by atomic mass is 79.9. The maximum absolute atomic E-state index is 13.9. The molecule has 2 rings (SSSR count). The van der Waals surface area contributed by atoms with E-state index in [2.05, 4.69) is 53.1 Å². The monoisotopic (exact) mass is 463 g/mol. The van der Waals surface area contributed by atoms with Gasteiger partial charge in [-0.2, -0.15) is 0 Å². The molecule has 0 amide bonds. The third kappa shape index (κ3) is 3.91. The number of hydrogen-bond acceptors (Lipinski definition) is 1. The molecule has 106 valence electrons. The van der Waals surface area contributed by atoms with E-state index in [0.717, 1.165) is 19.0 Å². The molecule has 5 heteroatoms. The van der Waals surface area contributed by atoms with E-state index in [1.54, 1.807) is 6.07 Å². The summed E-state index contributed by atoms with van der Waals surface area (Å²) in [6.45, 7) is 0. The number of nitrogens with one attached hydrogen (secondary N) is 1. The Balaban J connectivity index is 2.31. The van der Waals surface area contributed by atoms with Crippen LogP contribution in [-0.4, -0.2) is 7.05 Å². The third-order valence-electron chi connectivity index (χ3n) is 3.12. The lowest BCUT2D eigenvalue weighted by atomic mass is 9.99. The van der Waals surface area contributed by atoms with Crippen LogP contribution in [0.3, 0.4) is 0 Å². The fraction of sp³-hybridized carbons (Fsp3) is 0.200. The Morgan fingerprint density at radius 2 is 1.70 bits per heavy atom. The molecule has 1 unspecified atom stereocenters. The second kappa shape index (κ2) is 7.16. The second-order valence-corrected chi connectivity index (χ2v) is 7.13.